The largest absolute Gasteiger partial charge is 0.379 e. The van der Waals surface area contributed by atoms with Gasteiger partial charge in [0.05, 0.1) is 31.8 Å². The molecule has 1 saturated heterocycles. The minimum atomic E-state index is 0.288. The Morgan fingerprint density at radius 1 is 1.17 bits per heavy atom. The maximum Gasteiger partial charge on any atom is 0.158 e. The van der Waals surface area contributed by atoms with E-state index in [9.17, 15) is 0 Å². The Hall–Kier alpha value is -2.47. The smallest absolute Gasteiger partial charge is 0.158 e. The topological polar surface area (TPSA) is 57.8 Å². The monoisotopic (exact) mass is 323 g/mol. The maximum atomic E-state index is 5.81. The molecule has 0 aliphatic carbocycles. The van der Waals surface area contributed by atoms with Gasteiger partial charge in [0.25, 0.3) is 0 Å². The average molecular weight is 323 g/mol. The molecule has 6 heteroatoms. The Morgan fingerprint density at radius 2 is 2.04 bits per heavy atom. The summed E-state index contributed by atoms with van der Waals surface area (Å²) in [6.45, 7) is 4.49. The van der Waals surface area contributed by atoms with E-state index >= 15 is 0 Å². The second-order valence-corrected chi connectivity index (χ2v) is 6.15. The van der Waals surface area contributed by atoms with Crippen LogP contribution in [0.5, 0.6) is 0 Å². The molecule has 3 aromatic heterocycles. The molecule has 0 bridgehead atoms. The average Bonchev–Trinajstić information content (AvgIpc) is 3.34. The van der Waals surface area contributed by atoms with E-state index in [0.717, 1.165) is 37.7 Å². The van der Waals surface area contributed by atoms with Crippen molar-refractivity contribution in [3.8, 4) is 11.5 Å². The van der Waals surface area contributed by atoms with Crippen LogP contribution in [0, 0.1) is 5.92 Å². The lowest BCUT2D eigenvalue weighted by molar-refractivity contribution is 0.181. The van der Waals surface area contributed by atoms with Crippen molar-refractivity contribution in [2.45, 2.75) is 25.9 Å². The molecule has 4 rings (SSSR count). The lowest BCUT2D eigenvalue weighted by atomic mass is 9.95. The molecule has 1 aliphatic heterocycles. The van der Waals surface area contributed by atoms with Crippen LogP contribution in [0.3, 0.4) is 0 Å². The van der Waals surface area contributed by atoms with E-state index in [2.05, 4.69) is 49.3 Å². The van der Waals surface area contributed by atoms with Gasteiger partial charge >= 0.3 is 0 Å². The number of imidazole rings is 2. The van der Waals surface area contributed by atoms with Crippen molar-refractivity contribution in [2.24, 2.45) is 5.92 Å². The first-order valence-corrected chi connectivity index (χ1v) is 8.36. The summed E-state index contributed by atoms with van der Waals surface area (Å²) in [5.74, 6) is 1.39. The minimum absolute atomic E-state index is 0.288. The van der Waals surface area contributed by atoms with Crippen molar-refractivity contribution in [2.75, 3.05) is 13.2 Å². The lowest BCUT2D eigenvalue weighted by Gasteiger charge is -2.21. The Labute approximate surface area is 141 Å². The minimum Gasteiger partial charge on any atom is -0.379 e. The Kier molecular flexibility index (Phi) is 4.13. The molecule has 0 aromatic carbocycles. The Bertz CT molecular complexity index is 795. The number of aromatic nitrogens is 5. The Balaban J connectivity index is 1.63. The first-order chi connectivity index (χ1) is 11.9. The molecule has 0 spiro atoms. The SMILES string of the molecule is CCn1cncc1-c1nccn1[C@@H]1COC[C@H]1Cc1ccncc1. The lowest BCUT2D eigenvalue weighted by Crippen LogP contribution is -2.20. The number of aryl methyl sites for hydroxylation is 1. The van der Waals surface area contributed by atoms with Gasteiger partial charge < -0.3 is 13.9 Å². The molecule has 0 N–H and O–H groups in total. The normalized spacial score (nSPS) is 20.5. The van der Waals surface area contributed by atoms with Gasteiger partial charge in [-0.15, -0.1) is 0 Å². The van der Waals surface area contributed by atoms with Gasteiger partial charge in [-0.25, -0.2) is 9.97 Å². The Morgan fingerprint density at radius 3 is 2.88 bits per heavy atom. The molecule has 6 nitrogen and oxygen atoms in total. The van der Waals surface area contributed by atoms with Gasteiger partial charge in [-0.2, -0.15) is 0 Å². The van der Waals surface area contributed by atoms with Crippen LogP contribution in [0.15, 0.2) is 49.4 Å². The molecule has 3 aromatic rings. The van der Waals surface area contributed by atoms with Gasteiger partial charge in [-0.3, -0.25) is 4.98 Å². The van der Waals surface area contributed by atoms with Crippen LogP contribution in [-0.2, 0) is 17.7 Å². The summed E-state index contributed by atoms with van der Waals surface area (Å²) in [5, 5.41) is 0. The van der Waals surface area contributed by atoms with E-state index in [0.29, 0.717) is 5.92 Å². The van der Waals surface area contributed by atoms with Gasteiger partial charge in [-0.05, 0) is 31.0 Å². The van der Waals surface area contributed by atoms with Crippen molar-refractivity contribution in [3.63, 3.8) is 0 Å². The third kappa shape index (κ3) is 2.73. The molecule has 2 atom stereocenters. The number of pyridine rings is 1. The zero-order valence-corrected chi connectivity index (χ0v) is 13.7. The van der Waals surface area contributed by atoms with Crippen LogP contribution in [0.2, 0.25) is 0 Å². The highest BCUT2D eigenvalue weighted by molar-refractivity contribution is 5.49. The van der Waals surface area contributed by atoms with E-state index in [1.165, 1.54) is 5.56 Å². The molecule has 1 aliphatic rings. The van der Waals surface area contributed by atoms with Crippen molar-refractivity contribution < 1.29 is 4.74 Å². The predicted molar refractivity (Wildman–Crippen MR) is 90.4 cm³/mol. The summed E-state index contributed by atoms with van der Waals surface area (Å²) >= 11 is 0. The van der Waals surface area contributed by atoms with Crippen molar-refractivity contribution in [1.82, 2.24) is 24.1 Å². The first kappa shape index (κ1) is 15.1. The van der Waals surface area contributed by atoms with Crippen LogP contribution in [0.1, 0.15) is 18.5 Å². The second kappa shape index (κ2) is 6.57. The van der Waals surface area contributed by atoms with E-state index in [-0.39, 0.29) is 6.04 Å². The third-order valence-electron chi connectivity index (χ3n) is 4.72. The molecular formula is C18H21N5O. The molecule has 24 heavy (non-hydrogen) atoms. The number of hydrogen-bond donors (Lipinski definition) is 0. The fourth-order valence-corrected chi connectivity index (χ4v) is 3.45. The summed E-state index contributed by atoms with van der Waals surface area (Å²) in [7, 11) is 0. The molecule has 1 fully saturated rings. The predicted octanol–water partition coefficient (Wildman–Crippen LogP) is 2.59. The molecule has 4 heterocycles. The van der Waals surface area contributed by atoms with Crippen molar-refractivity contribution >= 4 is 0 Å². The summed E-state index contributed by atoms with van der Waals surface area (Å²) in [6.07, 6.45) is 12.3. The summed E-state index contributed by atoms with van der Waals surface area (Å²) in [4.78, 5) is 13.0. The summed E-state index contributed by atoms with van der Waals surface area (Å²) < 4.78 is 10.2. The van der Waals surface area contributed by atoms with Gasteiger partial charge in [0.1, 0.15) is 5.69 Å². The zero-order chi connectivity index (χ0) is 16.4. The van der Waals surface area contributed by atoms with Gasteiger partial charge in [0.2, 0.25) is 0 Å². The van der Waals surface area contributed by atoms with Crippen LogP contribution in [0.25, 0.3) is 11.5 Å². The highest BCUT2D eigenvalue weighted by Gasteiger charge is 2.31. The van der Waals surface area contributed by atoms with Gasteiger partial charge in [-0.1, -0.05) is 0 Å². The van der Waals surface area contributed by atoms with Gasteiger partial charge in [0, 0.05) is 37.3 Å². The van der Waals surface area contributed by atoms with Crippen LogP contribution in [-0.4, -0.2) is 37.3 Å². The third-order valence-corrected chi connectivity index (χ3v) is 4.72. The zero-order valence-electron chi connectivity index (χ0n) is 13.7. The number of rotatable bonds is 5. The standard InChI is InChI=1S/C18H21N5O/c1-2-22-13-20-10-16(22)18-21-7-8-23(18)17-12-24-11-15(17)9-14-3-5-19-6-4-14/h3-8,10,13,15,17H,2,9,11-12H2,1H3/t15-,17-/m1/s1. The number of nitrogens with zero attached hydrogens (tertiary/aromatic N) is 5. The van der Waals surface area contributed by atoms with E-state index in [4.69, 9.17) is 4.74 Å². The molecule has 124 valence electrons. The fourth-order valence-electron chi connectivity index (χ4n) is 3.45. The van der Waals surface area contributed by atoms with Crippen LogP contribution >= 0.6 is 0 Å². The van der Waals surface area contributed by atoms with Crippen LogP contribution < -0.4 is 0 Å². The van der Waals surface area contributed by atoms with E-state index in [1.807, 2.05) is 31.1 Å². The highest BCUT2D eigenvalue weighted by Crippen LogP contribution is 2.32. The number of hydrogen-bond acceptors (Lipinski definition) is 4. The maximum absolute atomic E-state index is 5.81. The second-order valence-electron chi connectivity index (χ2n) is 6.15. The van der Waals surface area contributed by atoms with E-state index in [1.54, 1.807) is 0 Å². The quantitative estimate of drug-likeness (QED) is 0.724. The fraction of sp³-hybridized carbons (Fsp3) is 0.389. The first-order valence-electron chi connectivity index (χ1n) is 8.36. The van der Waals surface area contributed by atoms with Crippen molar-refractivity contribution in [1.29, 1.82) is 0 Å². The molecular weight excluding hydrogens is 302 g/mol. The summed E-state index contributed by atoms with van der Waals surface area (Å²) in [6, 6.07) is 4.45. The van der Waals surface area contributed by atoms with E-state index < -0.39 is 0 Å². The highest BCUT2D eigenvalue weighted by atomic mass is 16.5. The summed E-state index contributed by atoms with van der Waals surface area (Å²) in [5.41, 5.74) is 2.35. The van der Waals surface area contributed by atoms with Crippen molar-refractivity contribution in [3.05, 3.63) is 55.0 Å². The molecule has 0 unspecified atom stereocenters. The number of ether oxygens (including phenoxy) is 1. The van der Waals surface area contributed by atoms with Gasteiger partial charge in [0.15, 0.2) is 5.82 Å². The van der Waals surface area contributed by atoms with Crippen LogP contribution in [0.4, 0.5) is 0 Å². The molecule has 0 saturated carbocycles. The molecule has 0 amide bonds. The molecule has 0 radical (unpaired) electrons.